The van der Waals surface area contributed by atoms with E-state index >= 15 is 0 Å². The van der Waals surface area contributed by atoms with E-state index in [-0.39, 0.29) is 0 Å². The number of hydrogen-bond acceptors (Lipinski definition) is 2. The van der Waals surface area contributed by atoms with Gasteiger partial charge in [0.25, 0.3) is 0 Å². The lowest BCUT2D eigenvalue weighted by Gasteiger charge is -2.10. The van der Waals surface area contributed by atoms with Gasteiger partial charge in [-0.05, 0) is 24.6 Å². The molecule has 0 bridgehead atoms. The van der Waals surface area contributed by atoms with Crippen molar-refractivity contribution in [3.05, 3.63) is 34.9 Å². The number of halogens is 3. The highest BCUT2D eigenvalue weighted by Crippen LogP contribution is 2.30. The molecule has 1 aromatic rings. The lowest BCUT2D eigenvalue weighted by atomic mass is 10.1. The van der Waals surface area contributed by atoms with Crippen LogP contribution in [0.2, 0.25) is 0 Å². The van der Waals surface area contributed by atoms with Crippen molar-refractivity contribution in [2.24, 2.45) is 0 Å². The van der Waals surface area contributed by atoms with Gasteiger partial charge >= 0.3 is 6.18 Å². The van der Waals surface area contributed by atoms with Crippen molar-refractivity contribution in [1.29, 1.82) is 0 Å². The standard InChI is InChI=1S/C9H10F3NS/c1-6-2-7(5-13-14)4-8(3-6)9(10,11)12/h2-4,13-14H,5H2,1H3. The molecule has 0 amide bonds. The maximum atomic E-state index is 12.3. The first-order valence-corrected chi connectivity index (χ1v) is 4.43. The molecule has 1 rings (SSSR count). The second kappa shape index (κ2) is 4.23. The van der Waals surface area contributed by atoms with E-state index in [1.54, 1.807) is 13.0 Å². The van der Waals surface area contributed by atoms with E-state index in [1.807, 2.05) is 0 Å². The number of alkyl halides is 3. The molecule has 1 nitrogen and oxygen atoms in total. The zero-order valence-corrected chi connectivity index (χ0v) is 8.41. The average Bonchev–Trinajstić information content (AvgIpc) is 2.02. The molecule has 0 unspecified atom stereocenters. The van der Waals surface area contributed by atoms with Gasteiger partial charge in [-0.1, -0.05) is 24.4 Å². The number of rotatable bonds is 2. The number of benzene rings is 1. The molecule has 14 heavy (non-hydrogen) atoms. The van der Waals surface area contributed by atoms with Gasteiger partial charge in [0.1, 0.15) is 0 Å². The number of aryl methyl sites for hydroxylation is 1. The van der Waals surface area contributed by atoms with Gasteiger partial charge in [-0.15, -0.1) is 0 Å². The summed E-state index contributed by atoms with van der Waals surface area (Å²) in [6.45, 7) is 1.95. The monoisotopic (exact) mass is 221 g/mol. The first-order valence-electron chi connectivity index (χ1n) is 3.98. The van der Waals surface area contributed by atoms with Crippen LogP contribution in [0.5, 0.6) is 0 Å². The summed E-state index contributed by atoms with van der Waals surface area (Å²) in [7, 11) is 0. The maximum Gasteiger partial charge on any atom is 0.416 e. The minimum Gasteiger partial charge on any atom is -0.262 e. The van der Waals surface area contributed by atoms with Gasteiger partial charge in [0.15, 0.2) is 0 Å². The van der Waals surface area contributed by atoms with E-state index in [0.29, 0.717) is 17.7 Å². The molecule has 0 fully saturated rings. The largest absolute Gasteiger partial charge is 0.416 e. The van der Waals surface area contributed by atoms with E-state index < -0.39 is 11.7 Å². The average molecular weight is 221 g/mol. The van der Waals surface area contributed by atoms with Crippen LogP contribution in [0.1, 0.15) is 16.7 Å². The van der Waals surface area contributed by atoms with E-state index in [9.17, 15) is 13.2 Å². The maximum absolute atomic E-state index is 12.3. The predicted octanol–water partition coefficient (Wildman–Crippen LogP) is 2.95. The first kappa shape index (κ1) is 11.4. The second-order valence-corrected chi connectivity index (χ2v) is 3.36. The van der Waals surface area contributed by atoms with Gasteiger partial charge in [0, 0.05) is 6.54 Å². The van der Waals surface area contributed by atoms with Crippen LogP contribution in [0.3, 0.4) is 0 Å². The summed E-state index contributed by atoms with van der Waals surface area (Å²) >= 11 is 3.74. The van der Waals surface area contributed by atoms with Crippen molar-refractivity contribution in [1.82, 2.24) is 4.72 Å². The highest BCUT2D eigenvalue weighted by Gasteiger charge is 2.30. The molecule has 0 aliphatic heterocycles. The molecular weight excluding hydrogens is 211 g/mol. The van der Waals surface area contributed by atoms with Crippen LogP contribution in [0.25, 0.3) is 0 Å². The molecule has 0 atom stereocenters. The van der Waals surface area contributed by atoms with Crippen LogP contribution >= 0.6 is 12.8 Å². The molecule has 1 N–H and O–H groups in total. The molecule has 0 saturated heterocycles. The molecule has 5 heteroatoms. The van der Waals surface area contributed by atoms with E-state index in [4.69, 9.17) is 0 Å². The Bertz CT molecular complexity index is 322. The molecule has 0 aromatic heterocycles. The minimum atomic E-state index is -4.28. The van der Waals surface area contributed by atoms with E-state index in [2.05, 4.69) is 17.5 Å². The van der Waals surface area contributed by atoms with E-state index in [1.165, 1.54) is 0 Å². The minimum absolute atomic E-state index is 0.313. The quantitative estimate of drug-likeness (QED) is 0.732. The molecule has 0 heterocycles. The van der Waals surface area contributed by atoms with Crippen LogP contribution in [0.4, 0.5) is 13.2 Å². The highest BCUT2D eigenvalue weighted by atomic mass is 32.1. The summed E-state index contributed by atoms with van der Waals surface area (Å²) < 4.78 is 39.6. The normalized spacial score (nSPS) is 11.8. The van der Waals surface area contributed by atoms with Gasteiger partial charge in [-0.25, -0.2) is 0 Å². The van der Waals surface area contributed by atoms with E-state index in [0.717, 1.165) is 12.1 Å². The molecule has 0 aliphatic rings. The Morgan fingerprint density at radius 3 is 2.43 bits per heavy atom. The fraction of sp³-hybridized carbons (Fsp3) is 0.333. The summed E-state index contributed by atoms with van der Waals surface area (Å²) in [4.78, 5) is 0. The Kier molecular flexibility index (Phi) is 3.44. The molecule has 1 aromatic carbocycles. The van der Waals surface area contributed by atoms with Crippen molar-refractivity contribution in [2.75, 3.05) is 0 Å². The molecule has 0 aliphatic carbocycles. The van der Waals surface area contributed by atoms with Crippen molar-refractivity contribution < 1.29 is 13.2 Å². The van der Waals surface area contributed by atoms with Crippen LogP contribution in [-0.4, -0.2) is 0 Å². The summed E-state index contributed by atoms with van der Waals surface area (Å²) in [5, 5.41) is 0. The number of hydrogen-bond donors (Lipinski definition) is 2. The van der Waals surface area contributed by atoms with Gasteiger partial charge in [0.05, 0.1) is 5.56 Å². The topological polar surface area (TPSA) is 12.0 Å². The summed E-state index contributed by atoms with van der Waals surface area (Å²) in [6, 6.07) is 3.94. The Hall–Kier alpha value is -0.680. The van der Waals surface area contributed by atoms with Gasteiger partial charge in [0.2, 0.25) is 0 Å². The Morgan fingerprint density at radius 2 is 1.93 bits per heavy atom. The lowest BCUT2D eigenvalue weighted by Crippen LogP contribution is -2.07. The lowest BCUT2D eigenvalue weighted by molar-refractivity contribution is -0.137. The first-order chi connectivity index (χ1) is 6.43. The van der Waals surface area contributed by atoms with Crippen molar-refractivity contribution >= 4 is 12.8 Å². The fourth-order valence-electron chi connectivity index (χ4n) is 1.22. The van der Waals surface area contributed by atoms with Gasteiger partial charge in [-0.2, -0.15) is 13.2 Å². The Balaban J connectivity index is 3.07. The van der Waals surface area contributed by atoms with Crippen molar-refractivity contribution in [3.8, 4) is 0 Å². The zero-order chi connectivity index (χ0) is 10.8. The smallest absolute Gasteiger partial charge is 0.262 e. The van der Waals surface area contributed by atoms with Crippen molar-refractivity contribution in [3.63, 3.8) is 0 Å². The van der Waals surface area contributed by atoms with Gasteiger partial charge < -0.3 is 0 Å². The fourth-order valence-corrected chi connectivity index (χ4v) is 1.40. The third-order valence-corrected chi connectivity index (χ3v) is 1.91. The SMILES string of the molecule is Cc1cc(CNS)cc(C(F)(F)F)c1. The van der Waals surface area contributed by atoms with Crippen molar-refractivity contribution in [2.45, 2.75) is 19.6 Å². The zero-order valence-electron chi connectivity index (χ0n) is 7.52. The summed E-state index contributed by atoms with van der Waals surface area (Å²) in [5.74, 6) is 0. The molecular formula is C9H10F3NS. The summed E-state index contributed by atoms with van der Waals surface area (Å²) in [6.07, 6.45) is -4.28. The van der Waals surface area contributed by atoms with Crippen LogP contribution in [0, 0.1) is 6.92 Å². The molecule has 0 saturated carbocycles. The molecule has 0 spiro atoms. The highest BCUT2D eigenvalue weighted by molar-refractivity contribution is 7.78. The number of thiol groups is 1. The third-order valence-electron chi connectivity index (χ3n) is 1.75. The third kappa shape index (κ3) is 2.92. The Labute approximate surface area is 85.9 Å². The number of nitrogens with one attached hydrogen (secondary N) is 1. The molecule has 78 valence electrons. The second-order valence-electron chi connectivity index (χ2n) is 3.04. The van der Waals surface area contributed by atoms with Crippen LogP contribution < -0.4 is 4.72 Å². The van der Waals surface area contributed by atoms with Crippen LogP contribution in [0.15, 0.2) is 18.2 Å². The van der Waals surface area contributed by atoms with Gasteiger partial charge in [-0.3, -0.25) is 4.72 Å². The summed E-state index contributed by atoms with van der Waals surface area (Å²) in [5.41, 5.74) is 0.557. The predicted molar refractivity (Wildman–Crippen MR) is 52.0 cm³/mol. The molecule has 0 radical (unpaired) electrons. The van der Waals surface area contributed by atoms with Crippen LogP contribution in [-0.2, 0) is 12.7 Å². The Morgan fingerprint density at radius 1 is 1.29 bits per heavy atom.